The van der Waals surface area contributed by atoms with E-state index < -0.39 is 0 Å². The van der Waals surface area contributed by atoms with E-state index in [-0.39, 0.29) is 23.7 Å². The molecular weight excluding hydrogens is 324 g/mol. The third-order valence-corrected chi connectivity index (χ3v) is 4.17. The molecule has 0 unspecified atom stereocenters. The first kappa shape index (κ1) is 16.9. The lowest BCUT2D eigenvalue weighted by molar-refractivity contribution is 0.0600. The van der Waals surface area contributed by atoms with E-state index in [4.69, 9.17) is 9.15 Å². The molecular formula is C17H20N4O4. The summed E-state index contributed by atoms with van der Waals surface area (Å²) in [7, 11) is 1.35. The number of rotatable bonds is 4. The van der Waals surface area contributed by atoms with Crippen LogP contribution in [0.2, 0.25) is 0 Å². The Bertz CT molecular complexity index is 766. The molecule has 2 aromatic heterocycles. The van der Waals surface area contributed by atoms with Gasteiger partial charge in [0.2, 0.25) is 5.76 Å². The third-order valence-electron chi connectivity index (χ3n) is 4.17. The Labute approximate surface area is 145 Å². The van der Waals surface area contributed by atoms with Gasteiger partial charge in [-0.25, -0.2) is 14.8 Å². The summed E-state index contributed by atoms with van der Waals surface area (Å²) in [6.45, 7) is 3.17. The molecule has 0 aliphatic carbocycles. The third kappa shape index (κ3) is 3.96. The van der Waals surface area contributed by atoms with Gasteiger partial charge in [-0.05, 0) is 25.0 Å². The Morgan fingerprint density at radius 2 is 2.08 bits per heavy atom. The summed E-state index contributed by atoms with van der Waals surface area (Å²) in [4.78, 5) is 34.1. The van der Waals surface area contributed by atoms with Gasteiger partial charge in [-0.2, -0.15) is 0 Å². The number of amides is 1. The minimum absolute atomic E-state index is 0.0675. The summed E-state index contributed by atoms with van der Waals surface area (Å²) in [5.41, 5.74) is 0.476. The number of anilines is 1. The van der Waals surface area contributed by atoms with Crippen LogP contribution in [0.15, 0.2) is 28.9 Å². The van der Waals surface area contributed by atoms with Crippen LogP contribution < -0.4 is 10.2 Å². The molecule has 0 bridgehead atoms. The predicted octanol–water partition coefficient (Wildman–Crippen LogP) is 1.56. The summed E-state index contributed by atoms with van der Waals surface area (Å²) in [5.74, 6) is 0.806. The Hall–Kier alpha value is -2.90. The minimum atomic E-state index is -0.381. The maximum Gasteiger partial charge on any atom is 0.338 e. The van der Waals surface area contributed by atoms with Gasteiger partial charge in [-0.1, -0.05) is 0 Å². The summed E-state index contributed by atoms with van der Waals surface area (Å²) < 4.78 is 9.97. The number of pyridine rings is 1. The van der Waals surface area contributed by atoms with Crippen LogP contribution in [0.25, 0.3) is 0 Å². The van der Waals surface area contributed by atoms with Gasteiger partial charge in [0.15, 0.2) is 5.89 Å². The normalized spacial score (nSPS) is 15.0. The fourth-order valence-electron chi connectivity index (χ4n) is 2.81. The molecule has 1 aliphatic heterocycles. The first-order valence-corrected chi connectivity index (χ1v) is 8.09. The van der Waals surface area contributed by atoms with Gasteiger partial charge in [0, 0.05) is 32.3 Å². The standard InChI is InChI=1S/C17H20N4O4/c1-11-19-10-14(25-11)16(22)20-13-4-7-21(8-5-13)15-9-12(3-6-18-15)17(23)24-2/h3,6,9-10,13H,4-5,7-8H2,1-2H3,(H,20,22). The van der Waals surface area contributed by atoms with Gasteiger partial charge >= 0.3 is 5.97 Å². The lowest BCUT2D eigenvalue weighted by Gasteiger charge is -2.33. The molecule has 1 fully saturated rings. The monoisotopic (exact) mass is 344 g/mol. The molecule has 2 aromatic rings. The molecule has 1 saturated heterocycles. The number of piperidine rings is 1. The molecule has 0 spiro atoms. The number of oxazole rings is 1. The van der Waals surface area contributed by atoms with Gasteiger partial charge in [-0.15, -0.1) is 0 Å². The van der Waals surface area contributed by atoms with Crippen molar-refractivity contribution in [3.63, 3.8) is 0 Å². The van der Waals surface area contributed by atoms with E-state index >= 15 is 0 Å². The highest BCUT2D eigenvalue weighted by Crippen LogP contribution is 2.19. The van der Waals surface area contributed by atoms with Crippen LogP contribution in [-0.2, 0) is 4.74 Å². The second kappa shape index (κ2) is 7.33. The van der Waals surface area contributed by atoms with Crippen LogP contribution in [0.5, 0.6) is 0 Å². The van der Waals surface area contributed by atoms with Crippen LogP contribution in [0.4, 0.5) is 5.82 Å². The molecule has 132 valence electrons. The smallest absolute Gasteiger partial charge is 0.338 e. The Morgan fingerprint density at radius 3 is 2.72 bits per heavy atom. The highest BCUT2D eigenvalue weighted by atomic mass is 16.5. The molecule has 8 heteroatoms. The maximum absolute atomic E-state index is 12.1. The molecule has 8 nitrogen and oxygen atoms in total. The highest BCUT2D eigenvalue weighted by Gasteiger charge is 2.23. The number of carbonyl (C=O) groups is 2. The fraction of sp³-hybridized carbons (Fsp3) is 0.412. The predicted molar refractivity (Wildman–Crippen MR) is 89.5 cm³/mol. The molecule has 1 amide bonds. The van der Waals surface area contributed by atoms with Crippen LogP contribution in [0.3, 0.4) is 0 Å². The molecule has 0 saturated carbocycles. The Balaban J connectivity index is 1.57. The van der Waals surface area contributed by atoms with Crippen molar-refractivity contribution in [3.05, 3.63) is 41.7 Å². The number of hydrogen-bond acceptors (Lipinski definition) is 7. The molecule has 1 N–H and O–H groups in total. The van der Waals surface area contributed by atoms with Crippen molar-refractivity contribution < 1.29 is 18.7 Å². The van der Waals surface area contributed by atoms with E-state index in [1.54, 1.807) is 25.3 Å². The minimum Gasteiger partial charge on any atom is -0.465 e. The van der Waals surface area contributed by atoms with Crippen molar-refractivity contribution >= 4 is 17.7 Å². The number of nitrogens with zero attached hydrogens (tertiary/aromatic N) is 3. The topological polar surface area (TPSA) is 97.6 Å². The van der Waals surface area contributed by atoms with Gasteiger partial charge in [0.05, 0.1) is 18.9 Å². The van der Waals surface area contributed by atoms with Crippen molar-refractivity contribution in [2.75, 3.05) is 25.1 Å². The summed E-state index contributed by atoms with van der Waals surface area (Å²) in [6.07, 6.45) is 4.59. The number of methoxy groups -OCH3 is 1. The zero-order valence-electron chi connectivity index (χ0n) is 14.2. The summed E-state index contributed by atoms with van der Waals surface area (Å²) >= 11 is 0. The average molecular weight is 344 g/mol. The number of esters is 1. The largest absolute Gasteiger partial charge is 0.465 e. The summed E-state index contributed by atoms with van der Waals surface area (Å²) in [6, 6.07) is 3.42. The van der Waals surface area contributed by atoms with E-state index in [0.29, 0.717) is 11.5 Å². The number of aromatic nitrogens is 2. The van der Waals surface area contributed by atoms with E-state index in [9.17, 15) is 9.59 Å². The van der Waals surface area contributed by atoms with Crippen LogP contribution in [0.1, 0.15) is 39.6 Å². The quantitative estimate of drug-likeness (QED) is 0.841. The lowest BCUT2D eigenvalue weighted by atomic mass is 10.0. The molecule has 1 aliphatic rings. The zero-order chi connectivity index (χ0) is 17.8. The second-order valence-corrected chi connectivity index (χ2v) is 5.87. The first-order chi connectivity index (χ1) is 12.1. The van der Waals surface area contributed by atoms with E-state index in [1.165, 1.54) is 13.3 Å². The van der Waals surface area contributed by atoms with Gasteiger partial charge < -0.3 is 19.4 Å². The van der Waals surface area contributed by atoms with Crippen molar-refractivity contribution in [1.82, 2.24) is 15.3 Å². The van der Waals surface area contributed by atoms with Crippen molar-refractivity contribution in [3.8, 4) is 0 Å². The zero-order valence-corrected chi connectivity index (χ0v) is 14.2. The highest BCUT2D eigenvalue weighted by molar-refractivity contribution is 5.91. The number of nitrogens with one attached hydrogen (secondary N) is 1. The van der Waals surface area contributed by atoms with Crippen molar-refractivity contribution in [1.29, 1.82) is 0 Å². The molecule has 3 rings (SSSR count). The van der Waals surface area contributed by atoms with Crippen molar-refractivity contribution in [2.45, 2.75) is 25.8 Å². The summed E-state index contributed by atoms with van der Waals surface area (Å²) in [5, 5.41) is 2.97. The number of aryl methyl sites for hydroxylation is 1. The fourth-order valence-corrected chi connectivity index (χ4v) is 2.81. The van der Waals surface area contributed by atoms with Gasteiger partial charge in [-0.3, -0.25) is 4.79 Å². The molecule has 3 heterocycles. The van der Waals surface area contributed by atoms with Crippen LogP contribution >= 0.6 is 0 Å². The van der Waals surface area contributed by atoms with E-state index in [2.05, 4.69) is 20.2 Å². The maximum atomic E-state index is 12.1. The van der Waals surface area contributed by atoms with E-state index in [1.807, 2.05) is 0 Å². The van der Waals surface area contributed by atoms with E-state index in [0.717, 1.165) is 31.7 Å². The Morgan fingerprint density at radius 1 is 1.32 bits per heavy atom. The van der Waals surface area contributed by atoms with Crippen LogP contribution in [-0.4, -0.2) is 48.1 Å². The number of hydrogen-bond donors (Lipinski definition) is 1. The molecule has 25 heavy (non-hydrogen) atoms. The van der Waals surface area contributed by atoms with Crippen molar-refractivity contribution in [2.24, 2.45) is 0 Å². The van der Waals surface area contributed by atoms with Gasteiger partial charge in [0.1, 0.15) is 5.82 Å². The average Bonchev–Trinajstić information content (AvgIpc) is 3.08. The van der Waals surface area contributed by atoms with Crippen LogP contribution in [0, 0.1) is 6.92 Å². The molecule has 0 aromatic carbocycles. The first-order valence-electron chi connectivity index (χ1n) is 8.09. The number of carbonyl (C=O) groups excluding carboxylic acids is 2. The van der Waals surface area contributed by atoms with Gasteiger partial charge in [0.25, 0.3) is 5.91 Å². The SMILES string of the molecule is COC(=O)c1ccnc(N2CCC(NC(=O)c3cnc(C)o3)CC2)c1. The molecule has 0 atom stereocenters. The number of ether oxygens (including phenoxy) is 1. The lowest BCUT2D eigenvalue weighted by Crippen LogP contribution is -2.44. The molecule has 0 radical (unpaired) electrons. The Kier molecular flexibility index (Phi) is 4.97. The second-order valence-electron chi connectivity index (χ2n) is 5.87.